The molecular weight excluding hydrogens is 250 g/mol. The molecule has 0 aliphatic heterocycles. The minimum atomic E-state index is -6.67. The van der Waals surface area contributed by atoms with Crippen LogP contribution in [0.15, 0.2) is 0 Å². The molecule has 0 amide bonds. The normalized spacial score (nSPS) is 15.8. The van der Waals surface area contributed by atoms with Crippen molar-refractivity contribution in [3.63, 3.8) is 0 Å². The molecule has 0 rings (SSSR count). The standard InChI is InChI=1S/C2H2F6O3S2/c3-2(4,5)1-11-13(9,10)12(6,7)8/h1H2. The van der Waals surface area contributed by atoms with Crippen LogP contribution in [0.5, 0.6) is 0 Å². The van der Waals surface area contributed by atoms with E-state index in [-0.39, 0.29) is 0 Å². The first-order valence-corrected chi connectivity index (χ1v) is 5.60. The summed E-state index contributed by atoms with van der Waals surface area (Å²) in [6, 6.07) is 0. The van der Waals surface area contributed by atoms with Crippen molar-refractivity contribution in [3.05, 3.63) is 0 Å². The number of halogens is 6. The Hall–Kier alpha value is -0.160. The Morgan fingerprint density at radius 3 is 1.69 bits per heavy atom. The predicted octanol–water partition coefficient (Wildman–Crippen LogP) is 2.27. The Morgan fingerprint density at radius 2 is 1.46 bits per heavy atom. The lowest BCUT2D eigenvalue weighted by atomic mass is 10.7. The van der Waals surface area contributed by atoms with Crippen molar-refractivity contribution in [2.75, 3.05) is 6.61 Å². The Balaban J connectivity index is 4.40. The van der Waals surface area contributed by atoms with E-state index in [9.17, 15) is 33.2 Å². The highest BCUT2D eigenvalue weighted by molar-refractivity contribution is 8.82. The van der Waals surface area contributed by atoms with Crippen LogP contribution in [0.4, 0.5) is 24.8 Å². The molecule has 0 fully saturated rings. The first kappa shape index (κ1) is 12.8. The molecule has 0 atom stereocenters. The van der Waals surface area contributed by atoms with Crippen LogP contribution in [0.25, 0.3) is 0 Å². The summed E-state index contributed by atoms with van der Waals surface area (Å²) < 4.78 is 90.4. The highest BCUT2D eigenvalue weighted by Crippen LogP contribution is 2.59. The monoisotopic (exact) mass is 252 g/mol. The zero-order valence-electron chi connectivity index (χ0n) is 5.52. The molecule has 0 aliphatic rings. The van der Waals surface area contributed by atoms with Gasteiger partial charge in [0.25, 0.3) is 0 Å². The van der Waals surface area contributed by atoms with Crippen LogP contribution in [0, 0.1) is 0 Å². The van der Waals surface area contributed by atoms with Crippen molar-refractivity contribution >= 4 is 19.4 Å². The van der Waals surface area contributed by atoms with Gasteiger partial charge in [-0.25, -0.2) is 4.18 Å². The third-order valence-electron chi connectivity index (χ3n) is 0.598. The summed E-state index contributed by atoms with van der Waals surface area (Å²) >= 11 is 0. The molecule has 0 radical (unpaired) electrons. The maximum Gasteiger partial charge on any atom is 0.413 e. The largest absolute Gasteiger partial charge is 0.413 e. The molecule has 3 nitrogen and oxygen atoms in total. The lowest BCUT2D eigenvalue weighted by Gasteiger charge is -2.11. The van der Waals surface area contributed by atoms with E-state index in [0.29, 0.717) is 0 Å². The third-order valence-corrected chi connectivity index (χ3v) is 3.15. The van der Waals surface area contributed by atoms with Crippen molar-refractivity contribution < 1.29 is 37.4 Å². The second kappa shape index (κ2) is 3.53. The highest BCUT2D eigenvalue weighted by Gasteiger charge is 2.44. The second-order valence-electron chi connectivity index (χ2n) is 1.65. The molecule has 0 unspecified atom stereocenters. The van der Waals surface area contributed by atoms with Gasteiger partial charge in [-0.1, -0.05) is 0 Å². The molecule has 0 bridgehead atoms. The fourth-order valence-electron chi connectivity index (χ4n) is 0.194. The van der Waals surface area contributed by atoms with Gasteiger partial charge in [-0.15, -0.1) is 11.7 Å². The summed E-state index contributed by atoms with van der Waals surface area (Å²) in [6.07, 6.45) is -5.11. The molecule has 0 aromatic rings. The maximum absolute atomic E-state index is 11.4. The van der Waals surface area contributed by atoms with Gasteiger partial charge in [-0.2, -0.15) is 21.6 Å². The smallest absolute Gasteiger partial charge is 0.248 e. The molecule has 13 heavy (non-hydrogen) atoms. The van der Waals surface area contributed by atoms with Crippen LogP contribution in [0.1, 0.15) is 0 Å². The summed E-state index contributed by atoms with van der Waals surface area (Å²) in [5.74, 6) is 0. The Kier molecular flexibility index (Phi) is 3.49. The van der Waals surface area contributed by atoms with Gasteiger partial charge in [0.15, 0.2) is 6.61 Å². The van der Waals surface area contributed by atoms with Gasteiger partial charge >= 0.3 is 25.5 Å². The van der Waals surface area contributed by atoms with E-state index >= 15 is 0 Å². The van der Waals surface area contributed by atoms with Gasteiger partial charge in [-0.05, 0) is 0 Å². The van der Waals surface area contributed by atoms with E-state index in [1.165, 1.54) is 0 Å². The molecule has 0 aromatic carbocycles. The average molecular weight is 252 g/mol. The van der Waals surface area contributed by atoms with Gasteiger partial charge in [0.1, 0.15) is 0 Å². The number of hydrogen-bond donors (Lipinski definition) is 0. The van der Waals surface area contributed by atoms with Crippen molar-refractivity contribution in [2.45, 2.75) is 6.18 Å². The van der Waals surface area contributed by atoms with Crippen molar-refractivity contribution in [3.8, 4) is 0 Å². The van der Waals surface area contributed by atoms with E-state index in [1.54, 1.807) is 0 Å². The topological polar surface area (TPSA) is 43.4 Å². The summed E-state index contributed by atoms with van der Waals surface area (Å²) in [6.45, 7) is -2.47. The Labute approximate surface area is 70.4 Å². The van der Waals surface area contributed by atoms with Crippen LogP contribution in [0.2, 0.25) is 0 Å². The average Bonchev–Trinajstić information content (AvgIpc) is 1.79. The van der Waals surface area contributed by atoms with Crippen LogP contribution < -0.4 is 0 Å². The summed E-state index contributed by atoms with van der Waals surface area (Å²) in [5.41, 5.74) is 0. The van der Waals surface area contributed by atoms with E-state index < -0.39 is 32.2 Å². The van der Waals surface area contributed by atoms with Crippen molar-refractivity contribution in [2.24, 2.45) is 0 Å². The summed E-state index contributed by atoms with van der Waals surface area (Å²) in [7, 11) is -12.7. The quantitative estimate of drug-likeness (QED) is 0.571. The zero-order valence-corrected chi connectivity index (χ0v) is 7.15. The molecule has 11 heteroatoms. The summed E-state index contributed by atoms with van der Waals surface area (Å²) in [4.78, 5) is 0. The molecule has 0 aromatic heterocycles. The van der Waals surface area contributed by atoms with Crippen LogP contribution in [-0.4, -0.2) is 21.2 Å². The minimum absolute atomic E-state index is 2.47. The highest BCUT2D eigenvalue weighted by atomic mass is 33.2. The van der Waals surface area contributed by atoms with Crippen LogP contribution >= 0.6 is 10.2 Å². The first-order valence-electron chi connectivity index (χ1n) is 2.34. The molecule has 82 valence electrons. The molecule has 0 heterocycles. The molecule has 0 aliphatic carbocycles. The summed E-state index contributed by atoms with van der Waals surface area (Å²) in [5, 5.41) is 0. The lowest BCUT2D eigenvalue weighted by molar-refractivity contribution is -0.152. The number of hydrogen-bond acceptors (Lipinski definition) is 3. The molecule has 0 saturated carbocycles. The maximum atomic E-state index is 11.4. The fraction of sp³-hybridized carbons (Fsp3) is 1.00. The van der Waals surface area contributed by atoms with Gasteiger partial charge in [0, 0.05) is 0 Å². The van der Waals surface area contributed by atoms with Crippen LogP contribution in [0.3, 0.4) is 0 Å². The van der Waals surface area contributed by atoms with Gasteiger partial charge < -0.3 is 0 Å². The van der Waals surface area contributed by atoms with Crippen molar-refractivity contribution in [1.29, 1.82) is 0 Å². The number of alkyl halides is 3. The van der Waals surface area contributed by atoms with Crippen molar-refractivity contribution in [1.82, 2.24) is 0 Å². The second-order valence-corrected chi connectivity index (χ2v) is 5.79. The van der Waals surface area contributed by atoms with E-state index in [0.717, 1.165) is 0 Å². The lowest BCUT2D eigenvalue weighted by Crippen LogP contribution is -2.20. The van der Waals surface area contributed by atoms with Gasteiger partial charge in [-0.3, -0.25) is 0 Å². The fourth-order valence-corrected chi connectivity index (χ4v) is 1.05. The van der Waals surface area contributed by atoms with Gasteiger partial charge in [0.2, 0.25) is 0 Å². The zero-order chi connectivity index (χ0) is 10.9. The molecule has 0 N–H and O–H groups in total. The van der Waals surface area contributed by atoms with E-state index in [4.69, 9.17) is 0 Å². The predicted molar refractivity (Wildman–Crippen MR) is 31.8 cm³/mol. The molecule has 0 spiro atoms. The third kappa shape index (κ3) is 4.57. The number of rotatable bonds is 3. The minimum Gasteiger partial charge on any atom is -0.248 e. The Morgan fingerprint density at radius 1 is 1.08 bits per heavy atom. The SMILES string of the molecule is O=S(=O)(OCC(F)(F)F)S(F)(F)F. The van der Waals surface area contributed by atoms with Gasteiger partial charge in [0.05, 0.1) is 0 Å². The molecule has 0 saturated heterocycles. The molecular formula is C2H2F6O3S2. The Bertz CT molecular complexity index is 261. The van der Waals surface area contributed by atoms with E-state index in [2.05, 4.69) is 4.18 Å². The first-order chi connectivity index (χ1) is 5.46. The van der Waals surface area contributed by atoms with E-state index in [1.807, 2.05) is 0 Å². The van der Waals surface area contributed by atoms with Crippen LogP contribution in [-0.2, 0) is 13.3 Å².